The predicted molar refractivity (Wildman–Crippen MR) is 45.1 cm³/mol. The average Bonchev–Trinajstić information content (AvgIpc) is 1.30. The van der Waals surface area contributed by atoms with E-state index < -0.39 is 8.07 Å². The van der Waals surface area contributed by atoms with Gasteiger partial charge in [0.25, 0.3) is 0 Å². The molecule has 0 nitrogen and oxygen atoms in total. The minimum absolute atomic E-state index is 1.03. The molecule has 0 atom stereocenters. The van der Waals surface area contributed by atoms with Gasteiger partial charge in [0.2, 0.25) is 0 Å². The summed E-state index contributed by atoms with van der Waals surface area (Å²) < 4.78 is 2.89. The highest BCUT2D eigenvalue weighted by Gasteiger charge is 2.06. The first-order valence-corrected chi connectivity index (χ1v) is 6.77. The van der Waals surface area contributed by atoms with Crippen LogP contribution in [0.1, 0.15) is 0 Å². The zero-order chi connectivity index (χ0) is 5.91. The molecule has 0 aliphatic carbocycles. The summed E-state index contributed by atoms with van der Waals surface area (Å²) in [4.78, 5) is 0. The Labute approximate surface area is 59.8 Å². The largest absolute Gasteiger partial charge is 0.130 e. The second kappa shape index (κ2) is 2.73. The van der Waals surface area contributed by atoms with Crippen LogP contribution in [-0.2, 0) is 0 Å². The van der Waals surface area contributed by atoms with Crippen LogP contribution in [-0.4, -0.2) is 8.07 Å². The molecule has 0 radical (unpaired) electrons. The standard InChI is InChI=1S/C5H9ISi/c1-7(2,3)5-4-6/h1-3H3. The molecular formula is C5H9ISi. The Kier molecular flexibility index (Phi) is 2.92. The molecule has 7 heavy (non-hydrogen) atoms. The quantitative estimate of drug-likeness (QED) is 0.336. The van der Waals surface area contributed by atoms with Crippen molar-refractivity contribution < 1.29 is 0 Å². The molecule has 0 N–H and O–H groups in total. The van der Waals surface area contributed by atoms with Gasteiger partial charge in [0.15, 0.2) is 0 Å². The van der Waals surface area contributed by atoms with Gasteiger partial charge in [-0.3, -0.25) is 0 Å². The van der Waals surface area contributed by atoms with Crippen molar-refractivity contribution in [3.8, 4) is 9.47 Å². The summed E-state index contributed by atoms with van der Waals surface area (Å²) in [7, 11) is -1.03. The number of hydrogen-bond donors (Lipinski definition) is 0. The highest BCUT2D eigenvalue weighted by atomic mass is 127. The fourth-order valence-corrected chi connectivity index (χ4v) is 2.85. The van der Waals surface area contributed by atoms with Gasteiger partial charge in [-0.25, -0.2) is 0 Å². The number of halogens is 1. The van der Waals surface area contributed by atoms with Gasteiger partial charge in [-0.15, -0.1) is 5.54 Å². The Morgan fingerprint density at radius 1 is 1.29 bits per heavy atom. The van der Waals surface area contributed by atoms with Crippen molar-refractivity contribution in [2.45, 2.75) is 19.6 Å². The van der Waals surface area contributed by atoms with Crippen LogP contribution in [0, 0.1) is 9.47 Å². The molecule has 0 rings (SSSR count). The number of hydrogen-bond acceptors (Lipinski definition) is 0. The first-order valence-electron chi connectivity index (χ1n) is 2.19. The van der Waals surface area contributed by atoms with Gasteiger partial charge < -0.3 is 0 Å². The number of rotatable bonds is 0. The molecule has 0 heterocycles. The van der Waals surface area contributed by atoms with Gasteiger partial charge in [0, 0.05) is 22.6 Å². The third-order valence-electron chi connectivity index (χ3n) is 0.422. The van der Waals surface area contributed by atoms with Gasteiger partial charge in [-0.05, 0) is 3.93 Å². The minimum Gasteiger partial charge on any atom is -0.121 e. The van der Waals surface area contributed by atoms with Crippen molar-refractivity contribution in [2.24, 2.45) is 0 Å². The van der Waals surface area contributed by atoms with E-state index in [0.717, 1.165) is 0 Å². The van der Waals surface area contributed by atoms with Crippen LogP contribution < -0.4 is 0 Å². The molecule has 40 valence electrons. The van der Waals surface area contributed by atoms with Crippen LogP contribution in [0.2, 0.25) is 19.6 Å². The maximum atomic E-state index is 3.16. The lowest BCUT2D eigenvalue weighted by Gasteiger charge is -2.01. The molecule has 0 amide bonds. The van der Waals surface area contributed by atoms with E-state index in [1.807, 2.05) is 0 Å². The van der Waals surface area contributed by atoms with E-state index >= 15 is 0 Å². The van der Waals surface area contributed by atoms with Gasteiger partial charge >= 0.3 is 0 Å². The molecule has 0 aliphatic heterocycles. The van der Waals surface area contributed by atoms with Crippen molar-refractivity contribution in [1.82, 2.24) is 0 Å². The Balaban J connectivity index is 3.72. The maximum absolute atomic E-state index is 3.16. The van der Waals surface area contributed by atoms with Gasteiger partial charge in [0.1, 0.15) is 8.07 Å². The summed E-state index contributed by atoms with van der Waals surface area (Å²) >= 11 is 2.09. The van der Waals surface area contributed by atoms with Crippen LogP contribution >= 0.6 is 22.6 Å². The Morgan fingerprint density at radius 2 is 1.71 bits per heavy atom. The van der Waals surface area contributed by atoms with Gasteiger partial charge in [0.05, 0.1) is 0 Å². The Hall–Kier alpha value is 0.507. The summed E-state index contributed by atoms with van der Waals surface area (Å²) in [6.45, 7) is 6.70. The predicted octanol–water partition coefficient (Wildman–Crippen LogP) is 2.26. The molecule has 0 saturated carbocycles. The molecule has 0 aliphatic rings. The van der Waals surface area contributed by atoms with E-state index in [0.29, 0.717) is 0 Å². The van der Waals surface area contributed by atoms with Crippen LogP contribution in [0.15, 0.2) is 0 Å². The molecule has 0 aromatic carbocycles. The van der Waals surface area contributed by atoms with Crippen molar-refractivity contribution in [3.63, 3.8) is 0 Å². The lowest BCUT2D eigenvalue weighted by atomic mass is 11.4. The molecule has 2 heteroatoms. The summed E-state index contributed by atoms with van der Waals surface area (Å²) in [5, 5.41) is 0. The normalized spacial score (nSPS) is 9.71. The molecule has 0 aromatic heterocycles. The van der Waals surface area contributed by atoms with Crippen molar-refractivity contribution in [2.75, 3.05) is 0 Å². The minimum atomic E-state index is -1.03. The third-order valence-corrected chi connectivity index (χ3v) is 2.08. The topological polar surface area (TPSA) is 0 Å². The van der Waals surface area contributed by atoms with Gasteiger partial charge in [-0.2, -0.15) is 0 Å². The fraction of sp³-hybridized carbons (Fsp3) is 0.600. The second-order valence-corrected chi connectivity index (χ2v) is 7.76. The zero-order valence-corrected chi connectivity index (χ0v) is 8.04. The fourth-order valence-electron chi connectivity index (χ4n) is 0.142. The van der Waals surface area contributed by atoms with Crippen molar-refractivity contribution in [3.05, 3.63) is 0 Å². The monoisotopic (exact) mass is 224 g/mol. The summed E-state index contributed by atoms with van der Waals surface area (Å²) in [6.07, 6.45) is 0. The van der Waals surface area contributed by atoms with E-state index in [1.54, 1.807) is 0 Å². The Morgan fingerprint density at radius 3 is 1.71 bits per heavy atom. The lowest BCUT2D eigenvalue weighted by Crippen LogP contribution is -2.15. The molecule has 0 saturated heterocycles. The Bertz CT molecular complexity index is 101. The smallest absolute Gasteiger partial charge is 0.121 e. The van der Waals surface area contributed by atoms with E-state index in [9.17, 15) is 0 Å². The highest BCUT2D eigenvalue weighted by Crippen LogP contribution is 1.96. The van der Waals surface area contributed by atoms with E-state index in [2.05, 4.69) is 51.7 Å². The molecule has 0 aromatic rings. The molecule has 0 unspecified atom stereocenters. The van der Waals surface area contributed by atoms with Crippen LogP contribution in [0.5, 0.6) is 0 Å². The van der Waals surface area contributed by atoms with Crippen LogP contribution in [0.25, 0.3) is 0 Å². The SMILES string of the molecule is C[Si](C)(C)C#CI. The molecule has 0 spiro atoms. The third kappa shape index (κ3) is 6.51. The average molecular weight is 224 g/mol. The van der Waals surface area contributed by atoms with Crippen LogP contribution in [0.4, 0.5) is 0 Å². The summed E-state index contributed by atoms with van der Waals surface area (Å²) in [5.41, 5.74) is 3.16. The van der Waals surface area contributed by atoms with Crippen LogP contribution in [0.3, 0.4) is 0 Å². The molecule has 0 bridgehead atoms. The van der Waals surface area contributed by atoms with Gasteiger partial charge in [-0.1, -0.05) is 19.6 Å². The van der Waals surface area contributed by atoms with E-state index in [1.165, 1.54) is 0 Å². The first kappa shape index (κ1) is 7.51. The van der Waals surface area contributed by atoms with E-state index in [4.69, 9.17) is 0 Å². The second-order valence-electron chi connectivity index (χ2n) is 2.47. The molecular weight excluding hydrogens is 215 g/mol. The first-order chi connectivity index (χ1) is 3.06. The maximum Gasteiger partial charge on any atom is 0.130 e. The van der Waals surface area contributed by atoms with Crippen molar-refractivity contribution >= 4 is 30.7 Å². The lowest BCUT2D eigenvalue weighted by molar-refractivity contribution is 1.82. The summed E-state index contributed by atoms with van der Waals surface area (Å²) in [5.74, 6) is 0. The summed E-state index contributed by atoms with van der Waals surface area (Å²) in [6, 6.07) is 0. The van der Waals surface area contributed by atoms with Crippen molar-refractivity contribution in [1.29, 1.82) is 0 Å². The highest BCUT2D eigenvalue weighted by molar-refractivity contribution is 14.1. The molecule has 0 fully saturated rings. The van der Waals surface area contributed by atoms with E-state index in [-0.39, 0.29) is 0 Å². The zero-order valence-electron chi connectivity index (χ0n) is 4.88.